The Morgan fingerprint density at radius 2 is 0.606 bits per heavy atom. The van der Waals surface area contributed by atoms with E-state index in [0.717, 1.165) is 83.5 Å². The standard InChI is InChI=1S/C60H90O6/c1-4-7-10-13-16-19-22-25-28-30-32-35-38-41-44-47-50-53-59(62)65-56-57(55-64-58(61)52-49-46-43-40-37-34-27-24-21-18-15-12-9-6-3)66-60(63)54-51-48-45-42-39-36-33-31-29-26-23-20-17-14-11-8-5-2/h7-8,10-11,13-14,16-17,19-20,22-23,25-26,28-39,57H,4-6,9,12,15,18,21,24,27,40-56H2,1-3H3/b10-7-,11-8-,16-13-,17-14-,22-19-,23-20-,28-25-,29-26-,32-30+,33-31+,37-34-,38-35-,39-36-. The lowest BCUT2D eigenvalue weighted by molar-refractivity contribution is -0.167. The number of carbonyl (C=O) groups is 3. The molecule has 0 aliphatic rings. The highest BCUT2D eigenvalue weighted by Crippen LogP contribution is 2.12. The summed E-state index contributed by atoms with van der Waals surface area (Å²) < 4.78 is 16.7. The van der Waals surface area contributed by atoms with Crippen molar-refractivity contribution in [3.8, 4) is 0 Å². The van der Waals surface area contributed by atoms with E-state index in [2.05, 4.69) is 57.2 Å². The molecule has 0 amide bonds. The Kier molecular flexibility index (Phi) is 48.7. The summed E-state index contributed by atoms with van der Waals surface area (Å²) in [6, 6.07) is 0. The van der Waals surface area contributed by atoms with Crippen LogP contribution in [0.5, 0.6) is 0 Å². The summed E-state index contributed by atoms with van der Waals surface area (Å²) in [7, 11) is 0. The van der Waals surface area contributed by atoms with Crippen LogP contribution in [0.1, 0.15) is 181 Å². The van der Waals surface area contributed by atoms with Gasteiger partial charge in [-0.1, -0.05) is 237 Å². The molecular weight excluding hydrogens is 817 g/mol. The van der Waals surface area contributed by atoms with Gasteiger partial charge in [0.2, 0.25) is 0 Å². The van der Waals surface area contributed by atoms with E-state index in [1.54, 1.807) is 0 Å². The van der Waals surface area contributed by atoms with Crippen LogP contribution in [0.3, 0.4) is 0 Å². The Labute approximate surface area is 403 Å². The molecule has 0 aromatic rings. The topological polar surface area (TPSA) is 78.9 Å². The molecule has 0 aromatic heterocycles. The van der Waals surface area contributed by atoms with Crippen molar-refractivity contribution in [1.29, 1.82) is 0 Å². The van der Waals surface area contributed by atoms with Crippen LogP contribution in [-0.2, 0) is 28.6 Å². The molecule has 0 saturated carbocycles. The average molecular weight is 907 g/mol. The van der Waals surface area contributed by atoms with Crippen LogP contribution in [0, 0.1) is 0 Å². The summed E-state index contributed by atoms with van der Waals surface area (Å²) in [5.74, 6) is -1.04. The van der Waals surface area contributed by atoms with E-state index < -0.39 is 6.10 Å². The molecule has 0 fully saturated rings. The summed E-state index contributed by atoms with van der Waals surface area (Å²) in [6.07, 6.45) is 76.4. The molecule has 1 unspecified atom stereocenters. The molecule has 0 rings (SSSR count). The fourth-order valence-electron chi connectivity index (χ4n) is 6.26. The quantitative estimate of drug-likeness (QED) is 0.0199. The molecule has 0 radical (unpaired) electrons. The zero-order valence-electron chi connectivity index (χ0n) is 41.6. The van der Waals surface area contributed by atoms with Gasteiger partial charge in [-0.3, -0.25) is 14.4 Å². The normalized spacial score (nSPS) is 13.4. The van der Waals surface area contributed by atoms with Crippen LogP contribution in [0.15, 0.2) is 158 Å². The number of rotatable bonds is 43. The summed E-state index contributed by atoms with van der Waals surface area (Å²) in [5.41, 5.74) is 0. The zero-order valence-corrected chi connectivity index (χ0v) is 41.6. The SMILES string of the molecule is CC\C=C/C=C\C=C/C=C\C=C\C=C/CCCCCC(=O)OCC(COC(=O)CCCCC/C=C\CCCCCCCCC)OC(=O)CCCCC\C=C/C=C/C=C\C=C/C=C\C=C/CC. The van der Waals surface area contributed by atoms with Crippen LogP contribution in [0.2, 0.25) is 0 Å². The van der Waals surface area contributed by atoms with Crippen molar-refractivity contribution in [1.82, 2.24) is 0 Å². The van der Waals surface area contributed by atoms with Gasteiger partial charge in [-0.25, -0.2) is 0 Å². The predicted octanol–water partition coefficient (Wildman–Crippen LogP) is 17.0. The Morgan fingerprint density at radius 1 is 0.318 bits per heavy atom. The van der Waals surface area contributed by atoms with Crippen LogP contribution < -0.4 is 0 Å². The first-order chi connectivity index (χ1) is 32.5. The summed E-state index contributed by atoms with van der Waals surface area (Å²) >= 11 is 0. The first kappa shape index (κ1) is 61.0. The lowest BCUT2D eigenvalue weighted by Gasteiger charge is -2.18. The van der Waals surface area contributed by atoms with Gasteiger partial charge < -0.3 is 14.2 Å². The van der Waals surface area contributed by atoms with Crippen molar-refractivity contribution in [3.05, 3.63) is 158 Å². The second-order valence-corrected chi connectivity index (χ2v) is 16.3. The van der Waals surface area contributed by atoms with Crippen LogP contribution in [0.25, 0.3) is 0 Å². The second-order valence-electron chi connectivity index (χ2n) is 16.3. The Hall–Kier alpha value is -4.97. The number of carbonyl (C=O) groups excluding carboxylic acids is 3. The molecule has 0 aliphatic carbocycles. The predicted molar refractivity (Wildman–Crippen MR) is 283 cm³/mol. The van der Waals surface area contributed by atoms with Gasteiger partial charge in [0.15, 0.2) is 6.10 Å². The minimum atomic E-state index is -0.834. The lowest BCUT2D eigenvalue weighted by atomic mass is 10.1. The largest absolute Gasteiger partial charge is 0.462 e. The zero-order chi connectivity index (χ0) is 47.9. The van der Waals surface area contributed by atoms with Gasteiger partial charge in [0.1, 0.15) is 13.2 Å². The second kappa shape index (κ2) is 52.7. The van der Waals surface area contributed by atoms with E-state index in [4.69, 9.17) is 14.2 Å². The molecule has 6 heteroatoms. The molecule has 6 nitrogen and oxygen atoms in total. The number of ether oxygens (including phenoxy) is 3. The highest BCUT2D eigenvalue weighted by atomic mass is 16.6. The summed E-state index contributed by atoms with van der Waals surface area (Å²) in [5, 5.41) is 0. The molecule has 366 valence electrons. The fraction of sp³-hybridized carbons (Fsp3) is 0.517. The van der Waals surface area contributed by atoms with Gasteiger partial charge in [0.05, 0.1) is 0 Å². The van der Waals surface area contributed by atoms with Crippen molar-refractivity contribution in [2.45, 2.75) is 187 Å². The van der Waals surface area contributed by atoms with Crippen molar-refractivity contribution in [2.75, 3.05) is 13.2 Å². The maximum absolute atomic E-state index is 12.8. The van der Waals surface area contributed by atoms with Crippen molar-refractivity contribution < 1.29 is 28.6 Å². The third-order valence-corrected chi connectivity index (χ3v) is 10.1. The number of hydrogen-bond donors (Lipinski definition) is 0. The number of allylic oxidation sites excluding steroid dienone is 26. The van der Waals surface area contributed by atoms with Gasteiger partial charge in [0.25, 0.3) is 0 Å². The molecule has 0 N–H and O–H groups in total. The molecule has 0 spiro atoms. The molecule has 66 heavy (non-hydrogen) atoms. The van der Waals surface area contributed by atoms with E-state index in [1.165, 1.54) is 44.9 Å². The highest BCUT2D eigenvalue weighted by Gasteiger charge is 2.19. The van der Waals surface area contributed by atoms with Crippen LogP contribution >= 0.6 is 0 Å². The minimum Gasteiger partial charge on any atom is -0.462 e. The molecule has 1 atom stereocenters. The van der Waals surface area contributed by atoms with E-state index >= 15 is 0 Å². The number of hydrogen-bond acceptors (Lipinski definition) is 6. The Morgan fingerprint density at radius 3 is 0.970 bits per heavy atom. The van der Waals surface area contributed by atoms with Crippen molar-refractivity contribution >= 4 is 17.9 Å². The van der Waals surface area contributed by atoms with Crippen molar-refractivity contribution in [2.24, 2.45) is 0 Å². The Balaban J connectivity index is 4.64. The Bertz CT molecular complexity index is 1560. The lowest BCUT2D eigenvalue weighted by Crippen LogP contribution is -2.30. The molecule has 0 heterocycles. The van der Waals surface area contributed by atoms with Gasteiger partial charge >= 0.3 is 17.9 Å². The van der Waals surface area contributed by atoms with Gasteiger partial charge in [0, 0.05) is 19.3 Å². The first-order valence-electron chi connectivity index (χ1n) is 25.7. The van der Waals surface area contributed by atoms with Gasteiger partial charge in [-0.05, 0) is 83.5 Å². The number of esters is 3. The fourth-order valence-corrected chi connectivity index (χ4v) is 6.26. The molecule has 0 aromatic carbocycles. The average Bonchev–Trinajstić information content (AvgIpc) is 3.31. The summed E-state index contributed by atoms with van der Waals surface area (Å²) in [6.45, 7) is 6.22. The van der Waals surface area contributed by atoms with Gasteiger partial charge in [-0.15, -0.1) is 0 Å². The third kappa shape index (κ3) is 50.0. The maximum Gasteiger partial charge on any atom is 0.306 e. The van der Waals surface area contributed by atoms with E-state index in [1.807, 2.05) is 122 Å². The minimum absolute atomic E-state index is 0.127. The van der Waals surface area contributed by atoms with Crippen LogP contribution in [-0.4, -0.2) is 37.2 Å². The van der Waals surface area contributed by atoms with Crippen LogP contribution in [0.4, 0.5) is 0 Å². The van der Waals surface area contributed by atoms with E-state index in [-0.39, 0.29) is 44.0 Å². The molecule has 0 bridgehead atoms. The highest BCUT2D eigenvalue weighted by molar-refractivity contribution is 5.71. The molecule has 0 aliphatic heterocycles. The van der Waals surface area contributed by atoms with Gasteiger partial charge in [-0.2, -0.15) is 0 Å². The van der Waals surface area contributed by atoms with Crippen molar-refractivity contribution in [3.63, 3.8) is 0 Å². The van der Waals surface area contributed by atoms with E-state index in [0.29, 0.717) is 19.3 Å². The van der Waals surface area contributed by atoms with E-state index in [9.17, 15) is 14.4 Å². The first-order valence-corrected chi connectivity index (χ1v) is 25.7. The summed E-state index contributed by atoms with van der Waals surface area (Å²) in [4.78, 5) is 38.0. The smallest absolute Gasteiger partial charge is 0.306 e. The third-order valence-electron chi connectivity index (χ3n) is 10.1. The molecule has 0 saturated heterocycles. The number of unbranched alkanes of at least 4 members (excludes halogenated alkanes) is 16. The molecular formula is C60H90O6. The maximum atomic E-state index is 12.8. The monoisotopic (exact) mass is 907 g/mol.